The second-order valence-electron chi connectivity index (χ2n) is 9.38. The van der Waals surface area contributed by atoms with Crippen LogP contribution < -0.4 is 5.11 Å². The van der Waals surface area contributed by atoms with Crippen molar-refractivity contribution in [3.8, 4) is 0 Å². The fraction of sp³-hybridized carbons (Fsp3) is 0.682. The highest BCUT2D eigenvalue weighted by atomic mass is 28.2. The number of aromatic carboxylic acids is 1. The Morgan fingerprint density at radius 2 is 1.72 bits per heavy atom. The summed E-state index contributed by atoms with van der Waals surface area (Å²) < 4.78 is 6.34. The molecule has 1 unspecified atom stereocenters. The van der Waals surface area contributed by atoms with Gasteiger partial charge in [0.05, 0.1) is 16.5 Å². The second-order valence-corrected chi connectivity index (χ2v) is 9.79. The van der Waals surface area contributed by atoms with Crippen LogP contribution in [0, 0.1) is 39.7 Å². The van der Waals surface area contributed by atoms with Gasteiger partial charge in [0.2, 0.25) is 0 Å². The highest BCUT2D eigenvalue weighted by molar-refractivity contribution is 5.98. The first-order valence-electron chi connectivity index (χ1n) is 10.5. The van der Waals surface area contributed by atoms with E-state index in [2.05, 4.69) is 41.5 Å². The number of rotatable bonds is 9. The zero-order chi connectivity index (χ0) is 22.1. The maximum atomic E-state index is 11.6. The first-order chi connectivity index (χ1) is 13.5. The predicted octanol–water partition coefficient (Wildman–Crippen LogP) is 3.07. The molecule has 1 atom stereocenters. The minimum absolute atomic E-state index is 0.000163. The van der Waals surface area contributed by atoms with Crippen LogP contribution in [-0.4, -0.2) is 27.0 Å². The summed E-state index contributed by atoms with van der Waals surface area (Å²) in [6, 6.07) is 3.96. The Hall–Kier alpha value is -1.73. The van der Waals surface area contributed by atoms with Gasteiger partial charge in [-0.05, 0) is 60.0 Å². The fourth-order valence-corrected chi connectivity index (χ4v) is 7.09. The molecule has 0 aromatic heterocycles. The Bertz CT molecular complexity index is 748. The van der Waals surface area contributed by atoms with E-state index < -0.39 is 10.9 Å². The van der Waals surface area contributed by atoms with Gasteiger partial charge in [-0.2, -0.15) is 0 Å². The van der Waals surface area contributed by atoms with E-state index in [1.807, 2.05) is 0 Å². The molecule has 2 rings (SSSR count). The molecule has 29 heavy (non-hydrogen) atoms. The van der Waals surface area contributed by atoms with Crippen molar-refractivity contribution in [1.29, 1.82) is 0 Å². The lowest BCUT2D eigenvalue weighted by Gasteiger charge is -2.55. The number of carbonyl (C=O) groups is 1. The number of carbonyl (C=O) groups excluding carboxylic acids is 1. The van der Waals surface area contributed by atoms with Crippen LogP contribution in [0.15, 0.2) is 18.2 Å². The highest BCUT2D eigenvalue weighted by Gasteiger charge is 2.51. The Labute approximate surface area is 176 Å². The molecule has 1 saturated carbocycles. The highest BCUT2D eigenvalue weighted by Crippen LogP contribution is 2.55. The van der Waals surface area contributed by atoms with Gasteiger partial charge in [0.1, 0.15) is 10.5 Å². The van der Waals surface area contributed by atoms with Gasteiger partial charge in [-0.15, -0.1) is 0 Å². The molecule has 0 N–H and O–H groups in total. The van der Waals surface area contributed by atoms with E-state index in [4.69, 9.17) is 4.43 Å². The number of nitrogens with zero attached hydrogens (tertiary/aromatic N) is 1. The number of non-ortho nitro benzene ring substituents is 1. The maximum Gasteiger partial charge on any atom is 0.269 e. The summed E-state index contributed by atoms with van der Waals surface area (Å²) in [7, 11) is 0.660. The van der Waals surface area contributed by atoms with Crippen molar-refractivity contribution in [2.75, 3.05) is 0 Å². The van der Waals surface area contributed by atoms with Crippen molar-refractivity contribution in [2.24, 2.45) is 29.6 Å². The van der Waals surface area contributed by atoms with Crippen LogP contribution in [0.4, 0.5) is 5.69 Å². The molecule has 1 fully saturated rings. The summed E-state index contributed by atoms with van der Waals surface area (Å²) in [5.41, 5.74) is 0.314. The average Bonchev–Trinajstić information content (AvgIpc) is 2.58. The molecular formula is C22H34NO5Si-. The molecule has 1 aliphatic carbocycles. The van der Waals surface area contributed by atoms with E-state index in [9.17, 15) is 20.0 Å². The minimum Gasteiger partial charge on any atom is -0.545 e. The van der Waals surface area contributed by atoms with E-state index in [1.165, 1.54) is 18.2 Å². The van der Waals surface area contributed by atoms with Crippen molar-refractivity contribution in [1.82, 2.24) is 0 Å². The molecule has 162 valence electrons. The third-order valence-corrected chi connectivity index (χ3v) is 7.69. The number of carboxylic acid groups (broad SMARTS) is 1. The van der Waals surface area contributed by atoms with Crippen LogP contribution >= 0.6 is 0 Å². The molecule has 0 aliphatic heterocycles. The van der Waals surface area contributed by atoms with Gasteiger partial charge in [-0.3, -0.25) is 10.1 Å². The first-order valence-corrected chi connectivity index (χ1v) is 11.3. The number of nitro benzene ring substituents is 1. The summed E-state index contributed by atoms with van der Waals surface area (Å²) in [5, 5.41) is 22.7. The standard InChI is InChI=1S/C22H35NO5Si/c1-12(2)20(22(28-29,13(3)4)14(5)6)16-9-15(10-16)19-11-17(23(26)27)7-8-18(19)21(24)25/h7-8,11-16,20H,9-10H2,1-6,29H3,(H,24,25)/p-1. The molecule has 1 aliphatic rings. The van der Waals surface area contributed by atoms with E-state index in [0.29, 0.717) is 45.6 Å². The maximum absolute atomic E-state index is 11.6. The van der Waals surface area contributed by atoms with Crippen LogP contribution in [0.1, 0.15) is 76.2 Å². The monoisotopic (exact) mass is 420 g/mol. The number of hydrogen-bond donors (Lipinski definition) is 0. The lowest BCUT2D eigenvalue weighted by Crippen LogP contribution is -2.56. The van der Waals surface area contributed by atoms with E-state index >= 15 is 0 Å². The summed E-state index contributed by atoms with van der Waals surface area (Å²) in [6.45, 7) is 13.4. The molecule has 0 heterocycles. The molecule has 0 amide bonds. The lowest BCUT2D eigenvalue weighted by molar-refractivity contribution is -0.385. The molecule has 0 saturated heterocycles. The molecule has 1 aromatic rings. The quantitative estimate of drug-likeness (QED) is 0.348. The van der Waals surface area contributed by atoms with Crippen molar-refractivity contribution in [3.05, 3.63) is 39.4 Å². The molecule has 6 nitrogen and oxygen atoms in total. The van der Waals surface area contributed by atoms with Crippen LogP contribution in [0.25, 0.3) is 0 Å². The normalized spacial score (nSPS) is 20.9. The lowest BCUT2D eigenvalue weighted by atomic mass is 9.55. The first kappa shape index (κ1) is 23.5. The molecule has 7 heteroatoms. The van der Waals surface area contributed by atoms with Gasteiger partial charge in [-0.25, -0.2) is 0 Å². The van der Waals surface area contributed by atoms with E-state index in [0.717, 1.165) is 12.8 Å². The van der Waals surface area contributed by atoms with Gasteiger partial charge in [0.25, 0.3) is 5.69 Å². The van der Waals surface area contributed by atoms with Gasteiger partial charge in [0.15, 0.2) is 0 Å². The third kappa shape index (κ3) is 4.26. The van der Waals surface area contributed by atoms with Gasteiger partial charge < -0.3 is 14.3 Å². The van der Waals surface area contributed by atoms with Crippen molar-refractivity contribution in [3.63, 3.8) is 0 Å². The van der Waals surface area contributed by atoms with Gasteiger partial charge in [0, 0.05) is 17.7 Å². The van der Waals surface area contributed by atoms with Gasteiger partial charge >= 0.3 is 0 Å². The van der Waals surface area contributed by atoms with Crippen LogP contribution in [0.2, 0.25) is 0 Å². The number of benzene rings is 1. The molecule has 0 spiro atoms. The molecule has 0 bridgehead atoms. The van der Waals surface area contributed by atoms with Crippen LogP contribution in [0.5, 0.6) is 0 Å². The SMILES string of the molecule is CC(C)C(C1CC(c2cc([N+](=O)[O-])ccc2C(=O)[O-])C1)C(O[SiH3])(C(C)C)C(C)C. The largest absolute Gasteiger partial charge is 0.545 e. The molecule has 0 radical (unpaired) electrons. The topological polar surface area (TPSA) is 92.5 Å². The summed E-state index contributed by atoms with van der Waals surface area (Å²) in [5.74, 6) is 0.617. The Morgan fingerprint density at radius 3 is 2.10 bits per heavy atom. The number of nitro groups is 1. The summed E-state index contributed by atoms with van der Waals surface area (Å²) >= 11 is 0. The average molecular weight is 421 g/mol. The fourth-order valence-electron chi connectivity index (χ4n) is 5.87. The Kier molecular flexibility index (Phi) is 7.27. The predicted molar refractivity (Wildman–Crippen MR) is 115 cm³/mol. The number of carboxylic acids is 1. The zero-order valence-electron chi connectivity index (χ0n) is 18.6. The van der Waals surface area contributed by atoms with E-state index in [-0.39, 0.29) is 22.8 Å². The number of hydrogen-bond acceptors (Lipinski definition) is 5. The van der Waals surface area contributed by atoms with Crippen molar-refractivity contribution in [2.45, 2.75) is 65.9 Å². The van der Waals surface area contributed by atoms with Crippen LogP contribution in [-0.2, 0) is 4.43 Å². The smallest absolute Gasteiger partial charge is 0.269 e. The Morgan fingerprint density at radius 1 is 1.17 bits per heavy atom. The minimum atomic E-state index is -1.28. The summed E-state index contributed by atoms with van der Waals surface area (Å²) in [6.07, 6.45) is 1.63. The molecular weight excluding hydrogens is 386 g/mol. The van der Waals surface area contributed by atoms with Crippen molar-refractivity contribution < 1.29 is 19.3 Å². The third-order valence-electron chi connectivity index (χ3n) is 6.99. The van der Waals surface area contributed by atoms with Crippen LogP contribution in [0.3, 0.4) is 0 Å². The van der Waals surface area contributed by atoms with Gasteiger partial charge in [-0.1, -0.05) is 41.5 Å². The molecule has 1 aromatic carbocycles. The van der Waals surface area contributed by atoms with Crippen molar-refractivity contribution >= 4 is 22.1 Å². The zero-order valence-corrected chi connectivity index (χ0v) is 20.6. The summed E-state index contributed by atoms with van der Waals surface area (Å²) in [4.78, 5) is 22.3. The second kappa shape index (κ2) is 8.96. The Balaban J connectivity index is 2.36. The van der Waals surface area contributed by atoms with E-state index in [1.54, 1.807) is 0 Å².